The van der Waals surface area contributed by atoms with Crippen molar-refractivity contribution in [2.45, 2.75) is 19.4 Å². The monoisotopic (exact) mass is 372 g/mol. The minimum Gasteiger partial charge on any atom is -0.396 e. The number of carbonyl (C=O) groups excluding carboxylic acids is 1. The van der Waals surface area contributed by atoms with Gasteiger partial charge in [-0.3, -0.25) is 4.79 Å². The van der Waals surface area contributed by atoms with Crippen molar-refractivity contribution in [2.75, 3.05) is 18.5 Å². The van der Waals surface area contributed by atoms with Crippen molar-refractivity contribution in [2.24, 2.45) is 0 Å². The first-order valence-corrected chi connectivity index (χ1v) is 9.66. The van der Waals surface area contributed by atoms with Crippen molar-refractivity contribution >= 4 is 17.3 Å². The van der Waals surface area contributed by atoms with Gasteiger partial charge in [-0.15, -0.1) is 0 Å². The normalized spacial score (nSPS) is 13.3. The standard InChI is InChI=1S/C24H24N2O2/c27-15-13-19-8-4-5-9-23(19)25-21-10-11-22-20(16-21)12-14-26(24(22)28)17-18-6-2-1-3-7-18/h1-11,16,25,27H,12-15,17H2. The highest BCUT2D eigenvalue weighted by Gasteiger charge is 2.24. The summed E-state index contributed by atoms with van der Waals surface area (Å²) in [6.45, 7) is 1.49. The van der Waals surface area contributed by atoms with E-state index in [1.165, 1.54) is 0 Å². The van der Waals surface area contributed by atoms with E-state index in [0.717, 1.165) is 46.6 Å². The van der Waals surface area contributed by atoms with E-state index in [0.29, 0.717) is 13.0 Å². The van der Waals surface area contributed by atoms with E-state index in [1.807, 2.05) is 59.5 Å². The molecule has 0 atom stereocenters. The number of rotatable bonds is 6. The molecule has 0 aromatic heterocycles. The summed E-state index contributed by atoms with van der Waals surface area (Å²) in [5, 5.41) is 12.7. The van der Waals surface area contributed by atoms with Gasteiger partial charge < -0.3 is 15.3 Å². The van der Waals surface area contributed by atoms with Gasteiger partial charge in [0.15, 0.2) is 0 Å². The lowest BCUT2D eigenvalue weighted by Gasteiger charge is -2.29. The van der Waals surface area contributed by atoms with Gasteiger partial charge in [0.05, 0.1) is 0 Å². The summed E-state index contributed by atoms with van der Waals surface area (Å²) in [4.78, 5) is 14.8. The number of nitrogens with one attached hydrogen (secondary N) is 1. The van der Waals surface area contributed by atoms with Crippen LogP contribution in [0.25, 0.3) is 0 Å². The minimum atomic E-state index is 0.0948. The Morgan fingerprint density at radius 3 is 2.57 bits per heavy atom. The third-order valence-electron chi connectivity index (χ3n) is 5.17. The molecule has 4 heteroatoms. The fourth-order valence-corrected chi connectivity index (χ4v) is 3.71. The highest BCUT2D eigenvalue weighted by atomic mass is 16.3. The Morgan fingerprint density at radius 2 is 1.75 bits per heavy atom. The van der Waals surface area contributed by atoms with E-state index in [9.17, 15) is 9.90 Å². The fraction of sp³-hybridized carbons (Fsp3) is 0.208. The quantitative estimate of drug-likeness (QED) is 0.683. The molecule has 2 N–H and O–H groups in total. The first-order chi connectivity index (χ1) is 13.7. The summed E-state index contributed by atoms with van der Waals surface area (Å²) in [5.41, 5.74) is 6.05. The molecule has 0 fully saturated rings. The molecule has 0 spiro atoms. The van der Waals surface area contributed by atoms with Crippen LogP contribution in [0.4, 0.5) is 11.4 Å². The summed E-state index contributed by atoms with van der Waals surface area (Å²) in [6.07, 6.45) is 1.46. The van der Waals surface area contributed by atoms with Gasteiger partial charge in [-0.1, -0.05) is 48.5 Å². The Morgan fingerprint density at radius 1 is 0.964 bits per heavy atom. The van der Waals surface area contributed by atoms with Crippen LogP contribution in [0.15, 0.2) is 72.8 Å². The van der Waals surface area contributed by atoms with Crippen LogP contribution >= 0.6 is 0 Å². The molecule has 4 nitrogen and oxygen atoms in total. The molecule has 4 rings (SSSR count). The van der Waals surface area contributed by atoms with Crippen LogP contribution in [-0.2, 0) is 19.4 Å². The van der Waals surface area contributed by atoms with Crippen LogP contribution < -0.4 is 5.32 Å². The molecule has 0 saturated carbocycles. The molecule has 1 aliphatic rings. The van der Waals surface area contributed by atoms with Gasteiger partial charge in [0.2, 0.25) is 0 Å². The molecule has 0 radical (unpaired) electrons. The molecule has 0 aliphatic carbocycles. The average molecular weight is 372 g/mol. The molecule has 0 bridgehead atoms. The number of anilines is 2. The molecule has 0 unspecified atom stereocenters. The maximum absolute atomic E-state index is 12.9. The first-order valence-electron chi connectivity index (χ1n) is 9.66. The SMILES string of the molecule is O=C1c2ccc(Nc3ccccc3CCO)cc2CCN1Cc1ccccc1. The highest BCUT2D eigenvalue weighted by molar-refractivity contribution is 5.97. The molecule has 1 heterocycles. The summed E-state index contributed by atoms with van der Waals surface area (Å²) < 4.78 is 0. The molecule has 28 heavy (non-hydrogen) atoms. The Bertz CT molecular complexity index is 969. The van der Waals surface area contributed by atoms with E-state index in [4.69, 9.17) is 0 Å². The van der Waals surface area contributed by atoms with Gasteiger partial charge in [-0.2, -0.15) is 0 Å². The molecule has 3 aromatic carbocycles. The second kappa shape index (κ2) is 8.28. The molecular formula is C24H24N2O2. The van der Waals surface area contributed by atoms with Crippen molar-refractivity contribution in [3.63, 3.8) is 0 Å². The van der Waals surface area contributed by atoms with Gasteiger partial charge in [0.1, 0.15) is 0 Å². The van der Waals surface area contributed by atoms with E-state index >= 15 is 0 Å². The van der Waals surface area contributed by atoms with E-state index in [2.05, 4.69) is 23.5 Å². The van der Waals surface area contributed by atoms with Crippen molar-refractivity contribution in [1.29, 1.82) is 0 Å². The molecule has 0 saturated heterocycles. The summed E-state index contributed by atoms with van der Waals surface area (Å²) >= 11 is 0. The van der Waals surface area contributed by atoms with Crippen LogP contribution in [0.3, 0.4) is 0 Å². The number of hydrogen-bond donors (Lipinski definition) is 2. The minimum absolute atomic E-state index is 0.0948. The predicted octanol–water partition coefficient (Wildman–Crippen LogP) is 4.16. The lowest BCUT2D eigenvalue weighted by Crippen LogP contribution is -2.37. The molecular weight excluding hydrogens is 348 g/mol. The number of fused-ring (bicyclic) bond motifs is 1. The third kappa shape index (κ3) is 3.92. The molecule has 3 aromatic rings. The Kier molecular flexibility index (Phi) is 5.40. The lowest BCUT2D eigenvalue weighted by molar-refractivity contribution is 0.0727. The van der Waals surface area contributed by atoms with E-state index < -0.39 is 0 Å². The highest BCUT2D eigenvalue weighted by Crippen LogP contribution is 2.27. The maximum atomic E-state index is 12.9. The van der Waals surface area contributed by atoms with Gasteiger partial charge in [0.25, 0.3) is 5.91 Å². The summed E-state index contributed by atoms with van der Waals surface area (Å²) in [5.74, 6) is 0.0948. The predicted molar refractivity (Wildman–Crippen MR) is 112 cm³/mol. The number of hydrogen-bond acceptors (Lipinski definition) is 3. The molecule has 1 amide bonds. The Hall–Kier alpha value is -3.11. The van der Waals surface area contributed by atoms with Crippen molar-refractivity contribution in [3.8, 4) is 0 Å². The lowest BCUT2D eigenvalue weighted by atomic mass is 9.97. The summed E-state index contributed by atoms with van der Waals surface area (Å²) in [7, 11) is 0. The fourth-order valence-electron chi connectivity index (χ4n) is 3.71. The van der Waals surface area contributed by atoms with Crippen LogP contribution in [0.2, 0.25) is 0 Å². The van der Waals surface area contributed by atoms with Crippen LogP contribution in [0.5, 0.6) is 0 Å². The van der Waals surface area contributed by atoms with Crippen LogP contribution in [0, 0.1) is 0 Å². The number of benzene rings is 3. The van der Waals surface area contributed by atoms with Crippen molar-refractivity contribution < 1.29 is 9.90 Å². The van der Waals surface area contributed by atoms with Crippen LogP contribution in [-0.4, -0.2) is 29.1 Å². The number of nitrogens with zero attached hydrogens (tertiary/aromatic N) is 1. The number of amides is 1. The second-order valence-electron chi connectivity index (χ2n) is 7.09. The number of para-hydroxylation sites is 1. The average Bonchev–Trinajstić information content (AvgIpc) is 2.73. The zero-order valence-electron chi connectivity index (χ0n) is 15.8. The topological polar surface area (TPSA) is 52.6 Å². The van der Waals surface area contributed by atoms with Gasteiger partial charge >= 0.3 is 0 Å². The first kappa shape index (κ1) is 18.3. The van der Waals surface area contributed by atoms with E-state index in [-0.39, 0.29) is 12.5 Å². The van der Waals surface area contributed by atoms with Crippen LogP contribution in [0.1, 0.15) is 27.0 Å². The number of aliphatic hydroxyl groups excluding tert-OH is 1. The third-order valence-corrected chi connectivity index (χ3v) is 5.17. The number of carbonyl (C=O) groups is 1. The van der Waals surface area contributed by atoms with Gasteiger partial charge in [0, 0.05) is 36.6 Å². The smallest absolute Gasteiger partial charge is 0.254 e. The Labute approximate surface area is 165 Å². The van der Waals surface area contributed by atoms with Crippen molar-refractivity contribution in [3.05, 3.63) is 95.1 Å². The maximum Gasteiger partial charge on any atom is 0.254 e. The van der Waals surface area contributed by atoms with Crippen molar-refractivity contribution in [1.82, 2.24) is 4.90 Å². The summed E-state index contributed by atoms with van der Waals surface area (Å²) in [6, 6.07) is 24.0. The molecule has 142 valence electrons. The van der Waals surface area contributed by atoms with E-state index in [1.54, 1.807) is 0 Å². The number of aliphatic hydroxyl groups is 1. The van der Waals surface area contributed by atoms with Gasteiger partial charge in [-0.05, 0) is 53.8 Å². The molecule has 1 aliphatic heterocycles. The van der Waals surface area contributed by atoms with Gasteiger partial charge in [-0.25, -0.2) is 0 Å². The second-order valence-corrected chi connectivity index (χ2v) is 7.09. The Balaban J connectivity index is 1.52. The zero-order valence-corrected chi connectivity index (χ0v) is 15.8. The largest absolute Gasteiger partial charge is 0.396 e. The zero-order chi connectivity index (χ0) is 19.3.